The first-order chi connectivity index (χ1) is 9.56. The summed E-state index contributed by atoms with van der Waals surface area (Å²) in [4.78, 5) is 10.3. The van der Waals surface area contributed by atoms with Crippen LogP contribution in [0.1, 0.15) is 11.1 Å². The first-order valence-corrected chi connectivity index (χ1v) is 5.94. The number of nitrogens with zero attached hydrogens (tertiary/aromatic N) is 1. The normalized spacial score (nSPS) is 10.5. The molecule has 2 aromatic carbocycles. The molecule has 0 aromatic heterocycles. The van der Waals surface area contributed by atoms with Crippen molar-refractivity contribution >= 4 is 5.69 Å². The lowest BCUT2D eigenvalue weighted by Gasteiger charge is -2.06. The molecule has 104 valence electrons. The minimum Gasteiger partial charge on any atom is -0.308 e. The van der Waals surface area contributed by atoms with E-state index in [2.05, 4.69) is 5.32 Å². The summed E-state index contributed by atoms with van der Waals surface area (Å²) in [5, 5.41) is 13.7. The molecule has 0 aliphatic carbocycles. The van der Waals surface area contributed by atoms with E-state index in [4.69, 9.17) is 0 Å². The van der Waals surface area contributed by atoms with Crippen LogP contribution in [0.25, 0.3) is 0 Å². The Labute approximate surface area is 114 Å². The molecule has 20 heavy (non-hydrogen) atoms. The van der Waals surface area contributed by atoms with Crippen LogP contribution in [0.4, 0.5) is 14.5 Å². The third-order valence-corrected chi connectivity index (χ3v) is 2.77. The molecule has 0 radical (unpaired) electrons. The highest BCUT2D eigenvalue weighted by atomic mass is 19.1. The Kier molecular flexibility index (Phi) is 4.37. The van der Waals surface area contributed by atoms with Crippen molar-refractivity contribution in [1.82, 2.24) is 5.32 Å². The van der Waals surface area contributed by atoms with Crippen LogP contribution >= 0.6 is 0 Å². The number of benzene rings is 2. The molecule has 0 aliphatic heterocycles. The molecule has 1 N–H and O–H groups in total. The van der Waals surface area contributed by atoms with Crippen LogP contribution in [0.2, 0.25) is 0 Å². The van der Waals surface area contributed by atoms with Crippen molar-refractivity contribution in [2.75, 3.05) is 0 Å². The molecule has 0 fully saturated rings. The quantitative estimate of drug-likeness (QED) is 0.675. The minimum absolute atomic E-state index is 0.130. The molecule has 0 atom stereocenters. The third kappa shape index (κ3) is 3.58. The highest BCUT2D eigenvalue weighted by Crippen LogP contribution is 2.19. The summed E-state index contributed by atoms with van der Waals surface area (Å²) in [6.07, 6.45) is 0. The lowest BCUT2D eigenvalue weighted by Crippen LogP contribution is -2.14. The van der Waals surface area contributed by atoms with E-state index >= 15 is 0 Å². The van der Waals surface area contributed by atoms with Gasteiger partial charge >= 0.3 is 0 Å². The third-order valence-electron chi connectivity index (χ3n) is 2.77. The molecule has 0 amide bonds. The highest BCUT2D eigenvalue weighted by molar-refractivity contribution is 5.40. The summed E-state index contributed by atoms with van der Waals surface area (Å²) < 4.78 is 26.1. The van der Waals surface area contributed by atoms with Crippen molar-refractivity contribution in [2.24, 2.45) is 0 Å². The van der Waals surface area contributed by atoms with Gasteiger partial charge in [-0.05, 0) is 29.8 Å². The SMILES string of the molecule is O=[N+]([O-])c1ccc(F)cc1CNCc1cccc(F)c1. The Balaban J connectivity index is 2.04. The predicted octanol–water partition coefficient (Wildman–Crippen LogP) is 3.16. The summed E-state index contributed by atoms with van der Waals surface area (Å²) in [7, 11) is 0. The topological polar surface area (TPSA) is 55.2 Å². The molecule has 2 aromatic rings. The van der Waals surface area contributed by atoms with Gasteiger partial charge in [-0.15, -0.1) is 0 Å². The van der Waals surface area contributed by atoms with Gasteiger partial charge in [-0.25, -0.2) is 8.78 Å². The molecule has 0 aliphatic rings. The second kappa shape index (κ2) is 6.21. The van der Waals surface area contributed by atoms with Crippen LogP contribution in [0.15, 0.2) is 42.5 Å². The number of rotatable bonds is 5. The summed E-state index contributed by atoms with van der Waals surface area (Å²) in [6.45, 7) is 0.468. The number of hydrogen-bond donors (Lipinski definition) is 1. The zero-order valence-corrected chi connectivity index (χ0v) is 10.5. The Bertz CT molecular complexity index is 632. The monoisotopic (exact) mass is 278 g/mol. The van der Waals surface area contributed by atoms with Gasteiger partial charge in [0.25, 0.3) is 5.69 Å². The Morgan fingerprint density at radius 1 is 1.05 bits per heavy atom. The van der Waals surface area contributed by atoms with E-state index in [1.165, 1.54) is 12.1 Å². The van der Waals surface area contributed by atoms with Gasteiger partial charge in [0, 0.05) is 24.7 Å². The maximum atomic E-state index is 13.1. The van der Waals surface area contributed by atoms with Crippen molar-refractivity contribution in [3.05, 3.63) is 75.3 Å². The maximum Gasteiger partial charge on any atom is 0.274 e. The lowest BCUT2D eigenvalue weighted by atomic mass is 10.1. The molecule has 0 saturated carbocycles. The summed E-state index contributed by atoms with van der Waals surface area (Å²) in [6, 6.07) is 9.32. The van der Waals surface area contributed by atoms with Gasteiger partial charge in [0.15, 0.2) is 0 Å². The lowest BCUT2D eigenvalue weighted by molar-refractivity contribution is -0.385. The molecule has 0 bridgehead atoms. The van der Waals surface area contributed by atoms with Crippen LogP contribution in [0.3, 0.4) is 0 Å². The van der Waals surface area contributed by atoms with Crippen molar-refractivity contribution in [2.45, 2.75) is 13.1 Å². The molecular weight excluding hydrogens is 266 g/mol. The Morgan fingerprint density at radius 3 is 2.50 bits per heavy atom. The van der Waals surface area contributed by atoms with E-state index in [9.17, 15) is 18.9 Å². The number of halogens is 2. The largest absolute Gasteiger partial charge is 0.308 e. The van der Waals surface area contributed by atoms with Crippen molar-refractivity contribution in [3.63, 3.8) is 0 Å². The van der Waals surface area contributed by atoms with Gasteiger partial charge in [-0.1, -0.05) is 12.1 Å². The molecule has 0 unspecified atom stereocenters. The maximum absolute atomic E-state index is 13.1. The highest BCUT2D eigenvalue weighted by Gasteiger charge is 2.13. The summed E-state index contributed by atoms with van der Waals surface area (Å²) in [5.74, 6) is -0.876. The second-order valence-electron chi connectivity index (χ2n) is 4.26. The minimum atomic E-state index is -0.557. The molecule has 4 nitrogen and oxygen atoms in total. The van der Waals surface area contributed by atoms with Crippen LogP contribution in [0, 0.1) is 21.7 Å². The summed E-state index contributed by atoms with van der Waals surface area (Å²) in [5.41, 5.74) is 0.827. The van der Waals surface area contributed by atoms with Gasteiger partial charge in [-0.2, -0.15) is 0 Å². The number of hydrogen-bond acceptors (Lipinski definition) is 3. The zero-order valence-electron chi connectivity index (χ0n) is 10.5. The number of nitrogens with one attached hydrogen (secondary N) is 1. The average molecular weight is 278 g/mol. The molecule has 6 heteroatoms. The van der Waals surface area contributed by atoms with Crippen LogP contribution < -0.4 is 5.32 Å². The van der Waals surface area contributed by atoms with Crippen molar-refractivity contribution in [1.29, 1.82) is 0 Å². The van der Waals surface area contributed by atoms with Crippen molar-refractivity contribution in [3.8, 4) is 0 Å². The molecule has 0 saturated heterocycles. The molecule has 2 rings (SSSR count). The van der Waals surface area contributed by atoms with E-state index in [-0.39, 0.29) is 23.6 Å². The van der Waals surface area contributed by atoms with Crippen LogP contribution in [0.5, 0.6) is 0 Å². The van der Waals surface area contributed by atoms with Crippen molar-refractivity contribution < 1.29 is 13.7 Å². The van der Waals surface area contributed by atoms with Gasteiger partial charge in [0.1, 0.15) is 11.6 Å². The van der Waals surface area contributed by atoms with Gasteiger partial charge < -0.3 is 5.32 Å². The van der Waals surface area contributed by atoms with Gasteiger partial charge in [0.05, 0.1) is 4.92 Å². The fraction of sp³-hybridized carbons (Fsp3) is 0.143. The first kappa shape index (κ1) is 14.1. The van der Waals surface area contributed by atoms with Gasteiger partial charge in [0.2, 0.25) is 0 Å². The van der Waals surface area contributed by atoms with E-state index in [1.807, 2.05) is 0 Å². The fourth-order valence-corrected chi connectivity index (χ4v) is 1.86. The smallest absolute Gasteiger partial charge is 0.274 e. The van der Waals surface area contributed by atoms with Crippen LogP contribution in [-0.4, -0.2) is 4.92 Å². The van der Waals surface area contributed by atoms with E-state index < -0.39 is 10.7 Å². The van der Waals surface area contributed by atoms with E-state index in [1.54, 1.807) is 12.1 Å². The second-order valence-corrected chi connectivity index (χ2v) is 4.26. The van der Waals surface area contributed by atoms with Crippen LogP contribution in [-0.2, 0) is 13.1 Å². The predicted molar refractivity (Wildman–Crippen MR) is 70.0 cm³/mol. The fourth-order valence-electron chi connectivity index (χ4n) is 1.86. The molecule has 0 heterocycles. The number of nitro groups is 1. The summed E-state index contributed by atoms with van der Waals surface area (Å²) >= 11 is 0. The Hall–Kier alpha value is -2.34. The standard InChI is InChI=1S/C14H12F2N2O2/c15-12-3-1-2-10(6-12)8-17-9-11-7-13(16)4-5-14(11)18(19)20/h1-7,17H,8-9H2. The first-order valence-electron chi connectivity index (χ1n) is 5.94. The molecule has 0 spiro atoms. The van der Waals surface area contributed by atoms with E-state index in [0.29, 0.717) is 12.1 Å². The Morgan fingerprint density at radius 2 is 1.80 bits per heavy atom. The van der Waals surface area contributed by atoms with E-state index in [0.717, 1.165) is 18.2 Å². The number of nitro benzene ring substituents is 1. The molecular formula is C14H12F2N2O2. The average Bonchev–Trinajstić information content (AvgIpc) is 2.38. The zero-order chi connectivity index (χ0) is 14.5. The van der Waals surface area contributed by atoms with Gasteiger partial charge in [-0.3, -0.25) is 10.1 Å².